The van der Waals surface area contributed by atoms with E-state index in [2.05, 4.69) is 0 Å². The van der Waals surface area contributed by atoms with Crippen molar-refractivity contribution >= 4 is 23.7 Å². The maximum Gasteiger partial charge on any atom is 0.317 e. The number of rotatable bonds is 11. The van der Waals surface area contributed by atoms with E-state index >= 15 is 0 Å². The van der Waals surface area contributed by atoms with Gasteiger partial charge in [0.05, 0.1) is 12.0 Å². The zero-order valence-electron chi connectivity index (χ0n) is 26.2. The Hall–Kier alpha value is -1.96. The molecular weight excluding hydrogens is 536 g/mol. The summed E-state index contributed by atoms with van der Waals surface area (Å²) in [7, 11) is 1.81. The quantitative estimate of drug-likeness (QED) is 0.152. The fourth-order valence-electron chi connectivity index (χ4n) is 8.20. The molecule has 4 saturated carbocycles. The SMILES string of the molecule is COC1CCC(C2CCC(OC(=O)CC(=O)OC3CCC(C4CCC(OC(=O)C(C)CC(C)=O)CC4)CC3)CC2)CC1. The van der Waals surface area contributed by atoms with Gasteiger partial charge in [0.15, 0.2) is 0 Å². The molecule has 0 aromatic heterocycles. The maximum atomic E-state index is 12.5. The van der Waals surface area contributed by atoms with Crippen LogP contribution in [0.15, 0.2) is 0 Å². The molecule has 8 nitrogen and oxygen atoms in total. The molecule has 0 saturated heterocycles. The van der Waals surface area contributed by atoms with Crippen LogP contribution in [0.5, 0.6) is 0 Å². The van der Waals surface area contributed by atoms with Crippen molar-refractivity contribution in [1.29, 1.82) is 0 Å². The summed E-state index contributed by atoms with van der Waals surface area (Å²) < 4.78 is 22.5. The van der Waals surface area contributed by atoms with Gasteiger partial charge >= 0.3 is 17.9 Å². The summed E-state index contributed by atoms with van der Waals surface area (Å²) in [4.78, 5) is 48.5. The van der Waals surface area contributed by atoms with E-state index in [0.29, 0.717) is 17.9 Å². The number of hydrogen-bond donors (Lipinski definition) is 0. The van der Waals surface area contributed by atoms with Crippen LogP contribution in [0.1, 0.15) is 129 Å². The predicted molar refractivity (Wildman–Crippen MR) is 157 cm³/mol. The number of esters is 3. The van der Waals surface area contributed by atoms with E-state index in [1.54, 1.807) is 6.92 Å². The third-order valence-electron chi connectivity index (χ3n) is 10.7. The van der Waals surface area contributed by atoms with Crippen LogP contribution in [-0.2, 0) is 38.1 Å². The van der Waals surface area contributed by atoms with E-state index in [1.165, 1.54) is 19.8 Å². The largest absolute Gasteiger partial charge is 0.462 e. The maximum absolute atomic E-state index is 12.5. The second kappa shape index (κ2) is 16.2. The van der Waals surface area contributed by atoms with Crippen LogP contribution in [0.2, 0.25) is 0 Å². The van der Waals surface area contributed by atoms with Crippen molar-refractivity contribution in [3.05, 3.63) is 0 Å². The van der Waals surface area contributed by atoms with Crippen LogP contribution in [0.25, 0.3) is 0 Å². The van der Waals surface area contributed by atoms with E-state index in [9.17, 15) is 19.2 Å². The molecule has 0 spiro atoms. The van der Waals surface area contributed by atoms with Crippen molar-refractivity contribution in [2.45, 2.75) is 154 Å². The number of Topliss-reactive ketones (excluding diaryl/α,β-unsaturated/α-hetero) is 1. The smallest absolute Gasteiger partial charge is 0.317 e. The first-order valence-corrected chi connectivity index (χ1v) is 16.8. The molecule has 0 radical (unpaired) electrons. The molecule has 4 rings (SSSR count). The van der Waals surface area contributed by atoms with E-state index in [0.717, 1.165) is 102 Å². The van der Waals surface area contributed by atoms with E-state index in [-0.39, 0.29) is 48.8 Å². The van der Waals surface area contributed by atoms with Crippen LogP contribution in [-0.4, -0.2) is 55.2 Å². The lowest BCUT2D eigenvalue weighted by Crippen LogP contribution is -2.33. The van der Waals surface area contributed by atoms with E-state index in [4.69, 9.17) is 18.9 Å². The van der Waals surface area contributed by atoms with E-state index < -0.39 is 11.9 Å². The Balaban J connectivity index is 1.06. The first-order chi connectivity index (χ1) is 20.2. The molecule has 4 aliphatic rings. The monoisotopic (exact) mass is 590 g/mol. The number of ketones is 1. The molecule has 0 N–H and O–H groups in total. The second-order valence-electron chi connectivity index (χ2n) is 13.8. The molecule has 8 heteroatoms. The molecule has 1 atom stereocenters. The lowest BCUT2D eigenvalue weighted by molar-refractivity contribution is -0.163. The van der Waals surface area contributed by atoms with Gasteiger partial charge in [0.2, 0.25) is 0 Å². The number of ether oxygens (including phenoxy) is 4. The van der Waals surface area contributed by atoms with Crippen LogP contribution in [0.4, 0.5) is 0 Å². The average Bonchev–Trinajstić information content (AvgIpc) is 2.98. The Morgan fingerprint density at radius 2 is 0.881 bits per heavy atom. The van der Waals surface area contributed by atoms with Gasteiger partial charge in [-0.2, -0.15) is 0 Å². The summed E-state index contributed by atoms with van der Waals surface area (Å²) >= 11 is 0. The lowest BCUT2D eigenvalue weighted by Gasteiger charge is -2.37. The van der Waals surface area contributed by atoms with Crippen molar-refractivity contribution in [1.82, 2.24) is 0 Å². The van der Waals surface area contributed by atoms with Crippen molar-refractivity contribution in [3.8, 4) is 0 Å². The molecule has 0 aromatic carbocycles. The van der Waals surface area contributed by atoms with Crippen molar-refractivity contribution < 1.29 is 38.1 Å². The van der Waals surface area contributed by atoms with Gasteiger partial charge in [-0.05, 0) is 133 Å². The van der Waals surface area contributed by atoms with Gasteiger partial charge in [-0.1, -0.05) is 6.92 Å². The zero-order valence-corrected chi connectivity index (χ0v) is 26.2. The third-order valence-corrected chi connectivity index (χ3v) is 10.7. The minimum Gasteiger partial charge on any atom is -0.462 e. The summed E-state index contributed by atoms with van der Waals surface area (Å²) in [5.74, 6) is 1.15. The van der Waals surface area contributed by atoms with Gasteiger partial charge in [-0.15, -0.1) is 0 Å². The average molecular weight is 591 g/mol. The number of methoxy groups -OCH3 is 1. The zero-order chi connectivity index (χ0) is 30.1. The number of carbonyl (C=O) groups excluding carboxylic acids is 4. The summed E-state index contributed by atoms with van der Waals surface area (Å²) in [6.45, 7) is 3.25. The predicted octanol–water partition coefficient (Wildman–Crippen LogP) is 6.50. The fraction of sp³-hybridized carbons (Fsp3) is 0.882. The van der Waals surface area contributed by atoms with Crippen LogP contribution >= 0.6 is 0 Å². The minimum atomic E-state index is -0.464. The lowest BCUT2D eigenvalue weighted by atomic mass is 9.72. The van der Waals surface area contributed by atoms with Crippen molar-refractivity contribution in [2.24, 2.45) is 29.6 Å². The van der Waals surface area contributed by atoms with Crippen molar-refractivity contribution in [3.63, 3.8) is 0 Å². The summed E-state index contributed by atoms with van der Waals surface area (Å²) in [6.07, 6.45) is 16.4. The topological polar surface area (TPSA) is 105 Å². The molecule has 0 bridgehead atoms. The summed E-state index contributed by atoms with van der Waals surface area (Å²) in [6, 6.07) is 0. The molecule has 0 amide bonds. The Kier molecular flexibility index (Phi) is 12.7. The minimum absolute atomic E-state index is 0.00781. The number of carbonyl (C=O) groups is 4. The second-order valence-corrected chi connectivity index (χ2v) is 13.8. The highest BCUT2D eigenvalue weighted by Gasteiger charge is 2.35. The van der Waals surface area contributed by atoms with Crippen LogP contribution in [0.3, 0.4) is 0 Å². The van der Waals surface area contributed by atoms with Gasteiger partial charge in [-0.25, -0.2) is 0 Å². The Morgan fingerprint density at radius 3 is 1.21 bits per heavy atom. The van der Waals surface area contributed by atoms with E-state index in [1.807, 2.05) is 7.11 Å². The molecule has 238 valence electrons. The molecule has 4 aliphatic carbocycles. The van der Waals surface area contributed by atoms with Crippen LogP contribution in [0, 0.1) is 29.6 Å². The first kappa shape index (κ1) is 32.9. The Bertz CT molecular complexity index is 885. The van der Waals surface area contributed by atoms with Gasteiger partial charge in [-0.3, -0.25) is 14.4 Å². The molecule has 42 heavy (non-hydrogen) atoms. The molecular formula is C34H54O8. The molecule has 4 fully saturated rings. The number of hydrogen-bond acceptors (Lipinski definition) is 8. The molecule has 0 aliphatic heterocycles. The fourth-order valence-corrected chi connectivity index (χ4v) is 8.20. The highest BCUT2D eigenvalue weighted by atomic mass is 16.6. The van der Waals surface area contributed by atoms with Crippen LogP contribution < -0.4 is 0 Å². The Labute approximate surface area is 252 Å². The summed E-state index contributed by atoms with van der Waals surface area (Å²) in [5.41, 5.74) is 0. The van der Waals surface area contributed by atoms with Gasteiger partial charge in [0.25, 0.3) is 0 Å². The van der Waals surface area contributed by atoms with Gasteiger partial charge in [0.1, 0.15) is 30.5 Å². The standard InChI is InChI=1S/C34H54O8/c1-22(20-23(2)35)34(38)42-31-18-10-27(11-19-31)26-8-16-30(17-9-26)41-33(37)21-32(36)40-29-14-6-25(7-15-29)24-4-12-28(39-3)13-5-24/h22,24-31H,4-21H2,1-3H3. The van der Waals surface area contributed by atoms with Gasteiger partial charge in [0, 0.05) is 13.5 Å². The highest BCUT2D eigenvalue weighted by molar-refractivity contribution is 5.91. The van der Waals surface area contributed by atoms with Gasteiger partial charge < -0.3 is 23.7 Å². The normalized spacial score (nSPS) is 34.5. The molecule has 1 unspecified atom stereocenters. The summed E-state index contributed by atoms with van der Waals surface area (Å²) in [5, 5.41) is 0. The Morgan fingerprint density at radius 1 is 0.548 bits per heavy atom. The first-order valence-electron chi connectivity index (χ1n) is 16.8. The molecule has 0 aromatic rings. The highest BCUT2D eigenvalue weighted by Crippen LogP contribution is 2.41. The van der Waals surface area contributed by atoms with Crippen molar-refractivity contribution in [2.75, 3.05) is 7.11 Å². The molecule has 0 heterocycles. The third kappa shape index (κ3) is 10.1.